The Labute approximate surface area is 128 Å². The van der Waals surface area contributed by atoms with Crippen molar-refractivity contribution in [2.45, 2.75) is 0 Å². The second-order valence-corrected chi connectivity index (χ2v) is 5.86. The molecule has 1 aromatic rings. The number of hydrogen-bond acceptors (Lipinski definition) is 5. The first kappa shape index (κ1) is 13.5. The Morgan fingerprint density at radius 2 is 1.81 bits per heavy atom. The van der Waals surface area contributed by atoms with Gasteiger partial charge >= 0.3 is 0 Å². The molecule has 0 bridgehead atoms. The summed E-state index contributed by atoms with van der Waals surface area (Å²) in [7, 11) is 0. The van der Waals surface area contributed by atoms with E-state index in [4.69, 9.17) is 5.73 Å². The summed E-state index contributed by atoms with van der Waals surface area (Å²) in [5.74, 6) is -2.59. The van der Waals surface area contributed by atoms with Crippen molar-refractivity contribution < 1.29 is 9.59 Å². The highest BCUT2D eigenvalue weighted by Crippen LogP contribution is 2.72. The summed E-state index contributed by atoms with van der Waals surface area (Å²) in [5, 5.41) is 18.7. The van der Waals surface area contributed by atoms with E-state index in [0.717, 1.165) is 4.47 Å². The highest BCUT2D eigenvalue weighted by atomic mass is 79.9. The van der Waals surface area contributed by atoms with Crippen molar-refractivity contribution in [2.75, 3.05) is 0 Å². The van der Waals surface area contributed by atoms with Gasteiger partial charge in [-0.25, -0.2) is 0 Å². The fourth-order valence-electron chi connectivity index (χ4n) is 2.99. The Kier molecular flexibility index (Phi) is 2.56. The van der Waals surface area contributed by atoms with Crippen LogP contribution >= 0.6 is 15.9 Å². The Balaban J connectivity index is 2.10. The van der Waals surface area contributed by atoms with E-state index >= 15 is 0 Å². The minimum Gasteiger partial charge on any atom is -0.386 e. The fraction of sp³-hybridized carbons (Fsp3) is 0.214. The van der Waals surface area contributed by atoms with E-state index in [-0.39, 0.29) is 5.84 Å². The molecule has 21 heavy (non-hydrogen) atoms. The SMILES string of the molecule is N#CC12C(=O)N=C(N)C1(C#N)C2C(=O)c1ccc(Br)cc1. The molecule has 3 rings (SSSR count). The molecule has 0 radical (unpaired) electrons. The quantitative estimate of drug-likeness (QED) is 0.809. The number of amides is 1. The molecule has 7 heteroatoms. The van der Waals surface area contributed by atoms with Gasteiger partial charge in [0.25, 0.3) is 5.91 Å². The number of Topliss-reactive ketones (excluding diaryl/α,β-unsaturated/α-hetero) is 1. The van der Waals surface area contributed by atoms with Crippen LogP contribution in [0.5, 0.6) is 0 Å². The number of halogens is 1. The van der Waals surface area contributed by atoms with Gasteiger partial charge in [0.2, 0.25) is 0 Å². The van der Waals surface area contributed by atoms with Gasteiger partial charge in [0.1, 0.15) is 5.84 Å². The van der Waals surface area contributed by atoms with E-state index in [1.165, 1.54) is 0 Å². The fourth-order valence-corrected chi connectivity index (χ4v) is 3.25. The maximum absolute atomic E-state index is 12.6. The van der Waals surface area contributed by atoms with Crippen molar-refractivity contribution in [1.29, 1.82) is 10.5 Å². The van der Waals surface area contributed by atoms with Crippen LogP contribution in [0.15, 0.2) is 33.7 Å². The van der Waals surface area contributed by atoms with Crippen LogP contribution in [0.3, 0.4) is 0 Å². The molecule has 1 aliphatic heterocycles. The smallest absolute Gasteiger partial charge is 0.270 e. The van der Waals surface area contributed by atoms with Gasteiger partial charge in [-0.15, -0.1) is 0 Å². The topological polar surface area (TPSA) is 120 Å². The number of nitrogens with two attached hydrogens (primary N) is 1. The molecular formula is C14H7BrN4O2. The standard InChI is InChI=1S/C14H7BrN4O2/c15-8-3-1-7(2-4-8)9(20)10-13(5-16)11(18)19-12(21)14(10,13)6-17/h1-4,10H,(H2,18,19,21). The van der Waals surface area contributed by atoms with Gasteiger partial charge in [-0.05, 0) is 12.1 Å². The molecule has 102 valence electrons. The first-order chi connectivity index (χ1) is 9.95. The van der Waals surface area contributed by atoms with Gasteiger partial charge in [-0.1, -0.05) is 28.1 Å². The number of hydrogen-bond donors (Lipinski definition) is 1. The number of nitriles is 2. The van der Waals surface area contributed by atoms with Gasteiger partial charge < -0.3 is 5.73 Å². The summed E-state index contributed by atoms with van der Waals surface area (Å²) >= 11 is 3.25. The van der Waals surface area contributed by atoms with Crippen molar-refractivity contribution in [3.8, 4) is 12.1 Å². The Hall–Kier alpha value is -2.51. The van der Waals surface area contributed by atoms with Crippen LogP contribution in [0.25, 0.3) is 0 Å². The normalized spacial score (nSPS) is 32.6. The van der Waals surface area contributed by atoms with Crippen LogP contribution in [0.1, 0.15) is 10.4 Å². The summed E-state index contributed by atoms with van der Waals surface area (Å²) in [6.45, 7) is 0. The summed E-state index contributed by atoms with van der Waals surface area (Å²) < 4.78 is 0.789. The van der Waals surface area contributed by atoms with Gasteiger partial charge in [0.05, 0.1) is 18.1 Å². The number of aliphatic imine (C=N–C) groups is 1. The zero-order chi connectivity index (χ0) is 15.4. The average Bonchev–Trinajstić information content (AvgIpc) is 3.05. The Bertz CT molecular complexity index is 802. The third kappa shape index (κ3) is 1.32. The minimum atomic E-state index is -1.77. The summed E-state index contributed by atoms with van der Waals surface area (Å²) in [6.07, 6.45) is 0. The lowest BCUT2D eigenvalue weighted by Gasteiger charge is -2.05. The molecular weight excluding hydrogens is 336 g/mol. The van der Waals surface area contributed by atoms with E-state index in [0.29, 0.717) is 5.56 Å². The number of ketones is 1. The van der Waals surface area contributed by atoms with Crippen LogP contribution in [0, 0.1) is 39.4 Å². The van der Waals surface area contributed by atoms with Crippen molar-refractivity contribution in [2.24, 2.45) is 27.5 Å². The maximum Gasteiger partial charge on any atom is 0.270 e. The third-order valence-electron chi connectivity index (χ3n) is 4.11. The van der Waals surface area contributed by atoms with Crippen molar-refractivity contribution in [1.82, 2.24) is 0 Å². The average molecular weight is 343 g/mol. The summed E-state index contributed by atoms with van der Waals surface area (Å²) in [6, 6.07) is 10.1. The van der Waals surface area contributed by atoms with Crippen LogP contribution in [0.4, 0.5) is 0 Å². The predicted molar refractivity (Wildman–Crippen MR) is 74.7 cm³/mol. The second kappa shape index (κ2) is 4.00. The molecule has 1 aliphatic carbocycles. The zero-order valence-corrected chi connectivity index (χ0v) is 12.1. The van der Waals surface area contributed by atoms with E-state index in [2.05, 4.69) is 20.9 Å². The Morgan fingerprint density at radius 1 is 1.24 bits per heavy atom. The maximum atomic E-state index is 12.6. The number of amidine groups is 1. The second-order valence-electron chi connectivity index (χ2n) is 4.95. The minimum absolute atomic E-state index is 0.244. The first-order valence-electron chi connectivity index (χ1n) is 5.97. The largest absolute Gasteiger partial charge is 0.386 e. The Morgan fingerprint density at radius 3 is 2.29 bits per heavy atom. The molecule has 1 heterocycles. The number of rotatable bonds is 2. The molecule has 3 unspecified atom stereocenters. The summed E-state index contributed by atoms with van der Waals surface area (Å²) in [4.78, 5) is 28.0. The molecule has 2 N–H and O–H groups in total. The molecule has 6 nitrogen and oxygen atoms in total. The van der Waals surface area contributed by atoms with Crippen LogP contribution in [-0.2, 0) is 4.79 Å². The zero-order valence-electron chi connectivity index (χ0n) is 10.5. The number of carbonyl (C=O) groups is 2. The molecule has 2 aliphatic rings. The van der Waals surface area contributed by atoms with E-state index in [1.54, 1.807) is 30.3 Å². The monoisotopic (exact) mass is 342 g/mol. The number of carbonyl (C=O) groups excluding carboxylic acids is 2. The first-order valence-corrected chi connectivity index (χ1v) is 6.76. The molecule has 0 spiro atoms. The van der Waals surface area contributed by atoms with Gasteiger partial charge in [0, 0.05) is 10.0 Å². The van der Waals surface area contributed by atoms with Crippen molar-refractivity contribution in [3.05, 3.63) is 34.3 Å². The van der Waals surface area contributed by atoms with E-state index in [1.807, 2.05) is 6.07 Å². The number of benzene rings is 1. The summed E-state index contributed by atoms with van der Waals surface area (Å²) in [5.41, 5.74) is 2.57. The molecule has 1 saturated carbocycles. The molecule has 3 atom stereocenters. The van der Waals surface area contributed by atoms with Crippen LogP contribution in [-0.4, -0.2) is 17.5 Å². The van der Waals surface area contributed by atoms with Crippen molar-refractivity contribution >= 4 is 33.5 Å². The molecule has 1 aromatic carbocycles. The molecule has 0 saturated heterocycles. The van der Waals surface area contributed by atoms with Crippen LogP contribution < -0.4 is 5.73 Å². The van der Waals surface area contributed by atoms with Gasteiger partial charge in [0.15, 0.2) is 16.6 Å². The number of nitrogens with zero attached hydrogens (tertiary/aromatic N) is 3. The van der Waals surface area contributed by atoms with Crippen LogP contribution in [0.2, 0.25) is 0 Å². The lowest BCUT2D eigenvalue weighted by molar-refractivity contribution is -0.121. The lowest BCUT2D eigenvalue weighted by atomic mass is 9.97. The molecule has 1 fully saturated rings. The van der Waals surface area contributed by atoms with Crippen molar-refractivity contribution in [3.63, 3.8) is 0 Å². The molecule has 0 aromatic heterocycles. The lowest BCUT2D eigenvalue weighted by Crippen LogP contribution is -2.27. The van der Waals surface area contributed by atoms with Gasteiger partial charge in [-0.3, -0.25) is 9.59 Å². The van der Waals surface area contributed by atoms with E-state index < -0.39 is 28.4 Å². The predicted octanol–water partition coefficient (Wildman–Crippen LogP) is 1.18. The highest BCUT2D eigenvalue weighted by Gasteiger charge is 2.90. The molecule has 1 amide bonds. The highest BCUT2D eigenvalue weighted by molar-refractivity contribution is 9.10. The number of fused-ring (bicyclic) bond motifs is 1. The van der Waals surface area contributed by atoms with E-state index in [9.17, 15) is 20.1 Å². The van der Waals surface area contributed by atoms with Gasteiger partial charge in [-0.2, -0.15) is 15.5 Å². The third-order valence-corrected chi connectivity index (χ3v) is 4.64.